The Morgan fingerprint density at radius 3 is 2.31 bits per heavy atom. The number of nitrogens with one attached hydrogen (secondary N) is 1. The number of hydrogen-bond donors (Lipinski definition) is 1. The maximum Gasteiger partial charge on any atom is 0.338 e. The highest BCUT2D eigenvalue weighted by molar-refractivity contribution is 6.17. The number of rotatable bonds is 14. The molecule has 5 heteroatoms. The highest BCUT2D eigenvalue weighted by Crippen LogP contribution is 2.32. The van der Waals surface area contributed by atoms with Crippen LogP contribution in [-0.2, 0) is 17.6 Å². The molecule has 3 aromatic rings. The predicted octanol–water partition coefficient (Wildman–Crippen LogP) is 7.20. The Hall–Kier alpha value is -2.92. The molecule has 36 heavy (non-hydrogen) atoms. The number of carbonyl (C=O) groups is 2. The van der Waals surface area contributed by atoms with E-state index in [4.69, 9.17) is 9.15 Å². The van der Waals surface area contributed by atoms with E-state index in [1.54, 1.807) is 6.07 Å². The zero-order valence-electron chi connectivity index (χ0n) is 22.5. The van der Waals surface area contributed by atoms with Gasteiger partial charge in [-0.2, -0.15) is 0 Å². The summed E-state index contributed by atoms with van der Waals surface area (Å²) in [5.74, 6) is 0.236. The molecule has 0 radical (unpaired) electrons. The smallest absolute Gasteiger partial charge is 0.338 e. The second-order valence-electron chi connectivity index (χ2n) is 9.85. The summed E-state index contributed by atoms with van der Waals surface area (Å²) in [6.07, 6.45) is 6.84. The van der Waals surface area contributed by atoms with Crippen LogP contribution in [0.3, 0.4) is 0 Å². The highest BCUT2D eigenvalue weighted by Gasteiger charge is 2.24. The van der Waals surface area contributed by atoms with Crippen LogP contribution < -0.4 is 5.32 Å². The van der Waals surface area contributed by atoms with Crippen LogP contribution in [0.5, 0.6) is 0 Å². The van der Waals surface area contributed by atoms with Crippen LogP contribution in [0.1, 0.15) is 103 Å². The van der Waals surface area contributed by atoms with Crippen LogP contribution in [0.15, 0.2) is 40.8 Å². The highest BCUT2D eigenvalue weighted by atomic mass is 16.5. The molecular weight excluding hydrogens is 450 g/mol. The zero-order valence-corrected chi connectivity index (χ0v) is 22.5. The third kappa shape index (κ3) is 7.07. The minimum absolute atomic E-state index is 0.0698. The molecule has 1 heterocycles. The fraction of sp³-hybridized carbons (Fsp3) is 0.484. The molecule has 5 nitrogen and oxygen atoms in total. The first-order chi connectivity index (χ1) is 17.3. The topological polar surface area (TPSA) is 68.5 Å². The van der Waals surface area contributed by atoms with Gasteiger partial charge >= 0.3 is 5.97 Å². The fourth-order valence-corrected chi connectivity index (χ4v) is 4.37. The average molecular weight is 492 g/mol. The van der Waals surface area contributed by atoms with E-state index in [2.05, 4.69) is 19.2 Å². The molecule has 0 atom stereocenters. The maximum atomic E-state index is 13.7. The van der Waals surface area contributed by atoms with E-state index in [0.29, 0.717) is 39.8 Å². The van der Waals surface area contributed by atoms with E-state index in [9.17, 15) is 9.59 Å². The lowest BCUT2D eigenvalue weighted by Crippen LogP contribution is -2.16. The molecule has 0 amide bonds. The number of unbranched alkanes of at least 4 members (excludes halogenated alkanes) is 2. The molecule has 0 saturated heterocycles. The van der Waals surface area contributed by atoms with Crippen LogP contribution >= 0.6 is 0 Å². The van der Waals surface area contributed by atoms with Gasteiger partial charge in [-0.25, -0.2) is 4.79 Å². The summed E-state index contributed by atoms with van der Waals surface area (Å²) in [6, 6.07) is 11.5. The van der Waals surface area contributed by atoms with Gasteiger partial charge in [0.05, 0.1) is 17.2 Å². The van der Waals surface area contributed by atoms with Crippen molar-refractivity contribution in [2.45, 2.75) is 85.7 Å². The average Bonchev–Trinajstić information content (AvgIpc) is 3.20. The Balaban J connectivity index is 1.87. The second kappa shape index (κ2) is 13.4. The van der Waals surface area contributed by atoms with Gasteiger partial charge in [0.1, 0.15) is 11.3 Å². The van der Waals surface area contributed by atoms with E-state index in [1.807, 2.05) is 51.1 Å². The van der Waals surface area contributed by atoms with Crippen molar-refractivity contribution in [3.05, 3.63) is 70.0 Å². The van der Waals surface area contributed by atoms with Crippen LogP contribution in [0, 0.1) is 6.92 Å². The number of aryl methyl sites for hydroxylation is 3. The molecule has 1 N–H and O–H groups in total. The number of esters is 1. The maximum absolute atomic E-state index is 13.7. The number of carbonyl (C=O) groups excluding carboxylic acids is 2. The van der Waals surface area contributed by atoms with Gasteiger partial charge in [-0.3, -0.25) is 4.79 Å². The molecule has 2 aromatic carbocycles. The number of hydrogen-bond acceptors (Lipinski definition) is 5. The van der Waals surface area contributed by atoms with Crippen molar-refractivity contribution in [2.24, 2.45) is 0 Å². The second-order valence-corrected chi connectivity index (χ2v) is 9.85. The molecule has 0 fully saturated rings. The first-order valence-corrected chi connectivity index (χ1v) is 13.5. The summed E-state index contributed by atoms with van der Waals surface area (Å²) in [5.41, 5.74) is 4.29. The third-order valence-electron chi connectivity index (χ3n) is 6.40. The van der Waals surface area contributed by atoms with E-state index in [0.717, 1.165) is 44.3 Å². The van der Waals surface area contributed by atoms with Crippen molar-refractivity contribution in [1.82, 2.24) is 5.32 Å². The molecule has 194 valence electrons. The monoisotopic (exact) mass is 491 g/mol. The number of ether oxygens (including phenoxy) is 1. The van der Waals surface area contributed by atoms with Gasteiger partial charge in [0, 0.05) is 17.4 Å². The van der Waals surface area contributed by atoms with Crippen molar-refractivity contribution in [3.63, 3.8) is 0 Å². The van der Waals surface area contributed by atoms with E-state index in [1.165, 1.54) is 18.4 Å². The minimum Gasteiger partial charge on any atom is -0.460 e. The zero-order chi connectivity index (χ0) is 26.1. The van der Waals surface area contributed by atoms with Gasteiger partial charge in [0.2, 0.25) is 0 Å². The molecule has 0 saturated carbocycles. The lowest BCUT2D eigenvalue weighted by Gasteiger charge is -2.10. The van der Waals surface area contributed by atoms with Gasteiger partial charge in [-0.1, -0.05) is 51.0 Å². The Morgan fingerprint density at radius 1 is 0.944 bits per heavy atom. The molecule has 0 aliphatic heterocycles. The fourth-order valence-electron chi connectivity index (χ4n) is 4.37. The lowest BCUT2D eigenvalue weighted by molar-refractivity contribution is 0.0377. The molecule has 0 bridgehead atoms. The molecule has 0 unspecified atom stereocenters. The Bertz CT molecular complexity index is 1160. The molecule has 0 spiro atoms. The molecule has 0 aliphatic carbocycles. The minimum atomic E-state index is -0.382. The molecule has 1 aromatic heterocycles. The third-order valence-corrected chi connectivity index (χ3v) is 6.40. The normalized spacial score (nSPS) is 11.4. The van der Waals surface area contributed by atoms with Gasteiger partial charge < -0.3 is 14.5 Å². The number of benzene rings is 2. The van der Waals surface area contributed by atoms with E-state index in [-0.39, 0.29) is 17.9 Å². The lowest BCUT2D eigenvalue weighted by atomic mass is 9.95. The largest absolute Gasteiger partial charge is 0.460 e. The van der Waals surface area contributed by atoms with Gasteiger partial charge in [-0.15, -0.1) is 0 Å². The SMILES string of the molecule is CCCCNCCCc1ccc(C(=O)c2c(CCCC)oc3cc(C)c(C(=O)OC(C)C)cc23)cc1. The quantitative estimate of drug-likeness (QED) is 0.147. The van der Waals surface area contributed by atoms with E-state index < -0.39 is 0 Å². The Morgan fingerprint density at radius 2 is 1.64 bits per heavy atom. The van der Waals surface area contributed by atoms with E-state index >= 15 is 0 Å². The van der Waals surface area contributed by atoms with Crippen LogP contribution in [0.2, 0.25) is 0 Å². The van der Waals surface area contributed by atoms with Crippen molar-refractivity contribution < 1.29 is 18.7 Å². The Labute approximate surface area is 215 Å². The number of fused-ring (bicyclic) bond motifs is 1. The van der Waals surface area contributed by atoms with Crippen LogP contribution in [0.25, 0.3) is 11.0 Å². The van der Waals surface area contributed by atoms with Gasteiger partial charge in [0.15, 0.2) is 5.78 Å². The standard InChI is InChI=1S/C31H41NO4/c1-6-8-12-27-29(26-20-25(31(34)35-21(3)4)22(5)19-28(26)36-27)30(33)24-15-13-23(14-16-24)11-10-18-32-17-9-7-2/h13-16,19-21,32H,6-12,17-18H2,1-5H3. The number of furan rings is 1. The summed E-state index contributed by atoms with van der Waals surface area (Å²) in [6.45, 7) is 11.9. The summed E-state index contributed by atoms with van der Waals surface area (Å²) in [7, 11) is 0. The summed E-state index contributed by atoms with van der Waals surface area (Å²) in [4.78, 5) is 26.4. The molecule has 0 aliphatic rings. The number of ketones is 1. The van der Waals surface area contributed by atoms with Gasteiger partial charge in [-0.05, 0) is 82.8 Å². The van der Waals surface area contributed by atoms with Crippen LogP contribution in [0.4, 0.5) is 0 Å². The summed E-state index contributed by atoms with van der Waals surface area (Å²) in [5, 5.41) is 4.15. The molecule has 3 rings (SSSR count). The first kappa shape index (κ1) is 27.7. The molecular formula is C31H41NO4. The van der Waals surface area contributed by atoms with Crippen molar-refractivity contribution >= 4 is 22.7 Å². The summed E-state index contributed by atoms with van der Waals surface area (Å²) < 4.78 is 11.6. The van der Waals surface area contributed by atoms with Crippen molar-refractivity contribution in [1.29, 1.82) is 0 Å². The Kier molecular flexibility index (Phi) is 10.3. The summed E-state index contributed by atoms with van der Waals surface area (Å²) >= 11 is 0. The predicted molar refractivity (Wildman–Crippen MR) is 146 cm³/mol. The van der Waals surface area contributed by atoms with Gasteiger partial charge in [0.25, 0.3) is 0 Å². The van der Waals surface area contributed by atoms with Crippen LogP contribution in [-0.4, -0.2) is 30.9 Å². The van der Waals surface area contributed by atoms with Crippen molar-refractivity contribution in [2.75, 3.05) is 13.1 Å². The first-order valence-electron chi connectivity index (χ1n) is 13.5. The van der Waals surface area contributed by atoms with Crippen molar-refractivity contribution in [3.8, 4) is 0 Å².